The van der Waals surface area contributed by atoms with Crippen LogP contribution in [0.3, 0.4) is 0 Å². The highest BCUT2D eigenvalue weighted by Crippen LogP contribution is 2.34. The molecule has 1 aromatic carbocycles. The van der Waals surface area contributed by atoms with Crippen LogP contribution in [0, 0.1) is 0 Å². The van der Waals surface area contributed by atoms with Crippen LogP contribution in [0.1, 0.15) is 10.5 Å². The van der Waals surface area contributed by atoms with Gasteiger partial charge in [0.2, 0.25) is 0 Å². The SMILES string of the molecule is O=C1C=Cc2c3nc4ccccc4c-3ccn21. The van der Waals surface area contributed by atoms with E-state index in [1.54, 1.807) is 10.6 Å². The van der Waals surface area contributed by atoms with E-state index in [0.29, 0.717) is 0 Å². The molecule has 1 aromatic rings. The van der Waals surface area contributed by atoms with E-state index in [2.05, 4.69) is 11.1 Å². The summed E-state index contributed by atoms with van der Waals surface area (Å²) in [5.74, 6) is -0.00560. The number of hydrogen-bond acceptors (Lipinski definition) is 2. The summed E-state index contributed by atoms with van der Waals surface area (Å²) in [5, 5.41) is 1.14. The quantitative estimate of drug-likeness (QED) is 0.584. The average molecular weight is 220 g/mol. The number of allylic oxidation sites excluding steroid dienone is 1. The van der Waals surface area contributed by atoms with Gasteiger partial charge < -0.3 is 0 Å². The lowest BCUT2D eigenvalue weighted by atomic mass is 10.1. The first kappa shape index (κ1) is 8.70. The fourth-order valence-electron chi connectivity index (χ4n) is 2.40. The second kappa shape index (κ2) is 2.83. The van der Waals surface area contributed by atoms with E-state index >= 15 is 0 Å². The summed E-state index contributed by atoms with van der Waals surface area (Å²) >= 11 is 0. The van der Waals surface area contributed by atoms with Crippen molar-refractivity contribution >= 4 is 22.9 Å². The number of aromatic nitrogens is 2. The van der Waals surface area contributed by atoms with E-state index < -0.39 is 0 Å². The average Bonchev–Trinajstić information content (AvgIpc) is 2.90. The van der Waals surface area contributed by atoms with Crippen molar-refractivity contribution in [2.75, 3.05) is 0 Å². The molecule has 3 heteroatoms. The van der Waals surface area contributed by atoms with Crippen molar-refractivity contribution in [3.05, 3.63) is 48.3 Å². The lowest BCUT2D eigenvalue weighted by molar-refractivity contribution is 0.0973. The molecule has 0 atom stereocenters. The Balaban J connectivity index is 2.20. The Morgan fingerprint density at radius 2 is 1.94 bits per heavy atom. The molecule has 3 aliphatic rings. The smallest absolute Gasteiger partial charge is 0.255 e. The van der Waals surface area contributed by atoms with Crippen LogP contribution in [0.5, 0.6) is 0 Å². The van der Waals surface area contributed by atoms with E-state index in [-0.39, 0.29) is 5.91 Å². The molecular formula is C14H8N2O. The molecule has 0 N–H and O–H groups in total. The lowest BCUT2D eigenvalue weighted by Crippen LogP contribution is -2.06. The molecule has 0 saturated carbocycles. The van der Waals surface area contributed by atoms with Gasteiger partial charge in [0, 0.05) is 23.2 Å². The van der Waals surface area contributed by atoms with Crippen LogP contribution in [0.25, 0.3) is 28.2 Å². The summed E-state index contributed by atoms with van der Waals surface area (Å²) in [7, 11) is 0. The van der Waals surface area contributed by atoms with Gasteiger partial charge in [0.1, 0.15) is 0 Å². The van der Waals surface area contributed by atoms with Crippen molar-refractivity contribution < 1.29 is 4.79 Å². The second-order valence-corrected chi connectivity index (χ2v) is 4.13. The third kappa shape index (κ3) is 1.00. The van der Waals surface area contributed by atoms with Crippen molar-refractivity contribution in [1.82, 2.24) is 9.55 Å². The van der Waals surface area contributed by atoms with Gasteiger partial charge in [-0.05, 0) is 18.2 Å². The van der Waals surface area contributed by atoms with Gasteiger partial charge >= 0.3 is 0 Å². The Hall–Kier alpha value is -2.42. The van der Waals surface area contributed by atoms with Gasteiger partial charge in [0.15, 0.2) is 0 Å². The number of nitrogens with zero attached hydrogens (tertiary/aromatic N) is 2. The number of fused-ring (bicyclic) bond motifs is 5. The molecule has 3 heterocycles. The van der Waals surface area contributed by atoms with Crippen molar-refractivity contribution in [3.63, 3.8) is 0 Å². The molecular weight excluding hydrogens is 212 g/mol. The van der Waals surface area contributed by atoms with Crippen LogP contribution in [0.4, 0.5) is 0 Å². The number of carbonyl (C=O) groups is 1. The number of hydrogen-bond donors (Lipinski definition) is 0. The Kier molecular flexibility index (Phi) is 1.45. The molecule has 4 rings (SSSR count). The molecule has 0 fully saturated rings. The first-order chi connectivity index (χ1) is 8.34. The van der Waals surface area contributed by atoms with E-state index in [1.807, 2.05) is 36.5 Å². The minimum absolute atomic E-state index is 0.00560. The zero-order valence-corrected chi connectivity index (χ0v) is 8.92. The number of carbonyl (C=O) groups excluding carboxylic acids is 1. The van der Waals surface area contributed by atoms with Crippen LogP contribution >= 0.6 is 0 Å². The predicted octanol–water partition coefficient (Wildman–Crippen LogP) is 2.81. The molecule has 0 unspecified atom stereocenters. The molecule has 80 valence electrons. The first-order valence-corrected chi connectivity index (χ1v) is 5.47. The summed E-state index contributed by atoms with van der Waals surface area (Å²) in [6.07, 6.45) is 5.22. The van der Waals surface area contributed by atoms with Crippen molar-refractivity contribution in [3.8, 4) is 11.3 Å². The number of benzene rings is 1. The maximum absolute atomic E-state index is 11.6. The van der Waals surface area contributed by atoms with Crippen LogP contribution in [0.15, 0.2) is 42.6 Å². The maximum atomic E-state index is 11.6. The van der Waals surface area contributed by atoms with Crippen molar-refractivity contribution in [2.24, 2.45) is 0 Å². The standard InChI is InChI=1S/C14H8N2O/c17-13-6-5-12-14-10(7-8-16(12)13)9-3-1-2-4-11(9)15-14/h1-8H. The third-order valence-electron chi connectivity index (χ3n) is 3.20. The molecule has 0 bridgehead atoms. The fourth-order valence-corrected chi connectivity index (χ4v) is 2.40. The minimum atomic E-state index is -0.00560. The molecule has 0 saturated heterocycles. The van der Waals surface area contributed by atoms with E-state index in [4.69, 9.17) is 0 Å². The summed E-state index contributed by atoms with van der Waals surface area (Å²) in [5.41, 5.74) is 3.86. The maximum Gasteiger partial charge on any atom is 0.255 e. The Morgan fingerprint density at radius 3 is 2.88 bits per heavy atom. The molecule has 0 radical (unpaired) electrons. The van der Waals surface area contributed by atoms with Crippen molar-refractivity contribution in [2.45, 2.75) is 0 Å². The minimum Gasteiger partial charge on any atom is -0.282 e. The summed E-state index contributed by atoms with van der Waals surface area (Å²) < 4.78 is 1.63. The van der Waals surface area contributed by atoms with Crippen LogP contribution in [0.2, 0.25) is 0 Å². The number of pyridine rings is 1. The summed E-state index contributed by atoms with van der Waals surface area (Å²) in [4.78, 5) is 16.2. The largest absolute Gasteiger partial charge is 0.282 e. The Labute approximate surface area is 97.3 Å². The first-order valence-electron chi connectivity index (χ1n) is 5.47. The van der Waals surface area contributed by atoms with Gasteiger partial charge in [0.25, 0.3) is 5.91 Å². The van der Waals surface area contributed by atoms with Gasteiger partial charge in [-0.25, -0.2) is 4.98 Å². The zero-order valence-electron chi connectivity index (χ0n) is 8.92. The molecule has 0 amide bonds. The molecule has 3 aliphatic heterocycles. The lowest BCUT2D eigenvalue weighted by Gasteiger charge is -2.06. The molecule has 3 nitrogen and oxygen atoms in total. The van der Waals surface area contributed by atoms with E-state index in [9.17, 15) is 4.79 Å². The van der Waals surface area contributed by atoms with Crippen LogP contribution in [-0.2, 0) is 0 Å². The summed E-state index contributed by atoms with van der Waals surface area (Å²) in [6.45, 7) is 0. The molecule has 0 aromatic heterocycles. The molecule has 0 spiro atoms. The van der Waals surface area contributed by atoms with Crippen LogP contribution < -0.4 is 0 Å². The third-order valence-corrected chi connectivity index (χ3v) is 3.20. The zero-order chi connectivity index (χ0) is 11.4. The highest BCUT2D eigenvalue weighted by Gasteiger charge is 2.21. The number of para-hydroxylation sites is 1. The highest BCUT2D eigenvalue weighted by atomic mass is 16.2. The Morgan fingerprint density at radius 1 is 1.06 bits per heavy atom. The van der Waals surface area contributed by atoms with Gasteiger partial charge in [-0.1, -0.05) is 18.2 Å². The summed E-state index contributed by atoms with van der Waals surface area (Å²) in [6, 6.07) is 9.99. The van der Waals surface area contributed by atoms with Gasteiger partial charge in [-0.15, -0.1) is 0 Å². The Bertz CT molecular complexity index is 767. The van der Waals surface area contributed by atoms with Crippen LogP contribution in [-0.4, -0.2) is 15.5 Å². The monoisotopic (exact) mass is 220 g/mol. The number of rotatable bonds is 0. The van der Waals surface area contributed by atoms with Crippen molar-refractivity contribution in [1.29, 1.82) is 0 Å². The highest BCUT2D eigenvalue weighted by molar-refractivity contribution is 6.05. The molecule has 17 heavy (non-hydrogen) atoms. The van der Waals surface area contributed by atoms with Gasteiger partial charge in [0.05, 0.1) is 16.9 Å². The van der Waals surface area contributed by atoms with E-state index in [0.717, 1.165) is 27.9 Å². The second-order valence-electron chi connectivity index (χ2n) is 4.13. The van der Waals surface area contributed by atoms with Gasteiger partial charge in [-0.3, -0.25) is 9.36 Å². The fraction of sp³-hybridized carbons (Fsp3) is 0. The van der Waals surface area contributed by atoms with E-state index in [1.165, 1.54) is 0 Å². The predicted molar refractivity (Wildman–Crippen MR) is 66.0 cm³/mol. The van der Waals surface area contributed by atoms with Gasteiger partial charge in [-0.2, -0.15) is 0 Å². The topological polar surface area (TPSA) is 34.9 Å². The molecule has 0 aliphatic carbocycles. The normalized spacial score (nSPS) is 13.8.